The van der Waals surface area contributed by atoms with Gasteiger partial charge in [-0.2, -0.15) is 0 Å². The molecule has 0 saturated heterocycles. The summed E-state index contributed by atoms with van der Waals surface area (Å²) >= 11 is 0. The van der Waals surface area contributed by atoms with Gasteiger partial charge < -0.3 is 10.6 Å². The highest BCUT2D eigenvalue weighted by atomic mass is 15.0. The zero-order chi connectivity index (χ0) is 12.2. The maximum Gasteiger partial charge on any atom is 0.0905 e. The van der Waals surface area contributed by atoms with E-state index in [2.05, 4.69) is 19.0 Å². The van der Waals surface area contributed by atoms with Gasteiger partial charge in [0.1, 0.15) is 0 Å². The smallest absolute Gasteiger partial charge is 0.0905 e. The molecule has 0 aromatic heterocycles. The molecule has 0 bridgehead atoms. The van der Waals surface area contributed by atoms with E-state index in [1.807, 2.05) is 0 Å². The van der Waals surface area contributed by atoms with Gasteiger partial charge in [-0.1, -0.05) is 38.5 Å². The second kappa shape index (κ2) is 10.9. The molecule has 0 saturated carbocycles. The normalized spacial score (nSPS) is 10.9. The van der Waals surface area contributed by atoms with Gasteiger partial charge >= 0.3 is 0 Å². The number of amidine groups is 1. The highest BCUT2D eigenvalue weighted by molar-refractivity contribution is 5.76. The van der Waals surface area contributed by atoms with Crippen LogP contribution in [0.5, 0.6) is 0 Å². The van der Waals surface area contributed by atoms with Crippen LogP contribution >= 0.6 is 0 Å². The van der Waals surface area contributed by atoms with Crippen LogP contribution in [0.4, 0.5) is 0 Å². The van der Waals surface area contributed by atoms with Crippen LogP contribution in [0.3, 0.4) is 0 Å². The molecular formula is C13H29N3. The third-order valence-corrected chi connectivity index (χ3v) is 2.80. The van der Waals surface area contributed by atoms with Crippen LogP contribution in [-0.4, -0.2) is 31.4 Å². The average Bonchev–Trinajstić information content (AvgIpc) is 2.20. The van der Waals surface area contributed by atoms with E-state index < -0.39 is 0 Å². The largest absolute Gasteiger partial charge is 0.388 e. The molecule has 0 amide bonds. The lowest BCUT2D eigenvalue weighted by Crippen LogP contribution is -2.12. The van der Waals surface area contributed by atoms with Crippen molar-refractivity contribution in [3.63, 3.8) is 0 Å². The Morgan fingerprint density at radius 3 is 1.75 bits per heavy atom. The predicted octanol–water partition coefficient (Wildman–Crippen LogP) is 2.99. The van der Waals surface area contributed by atoms with Crippen molar-refractivity contribution in [1.82, 2.24) is 4.90 Å². The summed E-state index contributed by atoms with van der Waals surface area (Å²) in [6.45, 7) is 1.22. The van der Waals surface area contributed by atoms with E-state index in [0.717, 1.165) is 12.8 Å². The maximum atomic E-state index is 7.10. The zero-order valence-corrected chi connectivity index (χ0v) is 11.1. The Labute approximate surface area is 101 Å². The van der Waals surface area contributed by atoms with Gasteiger partial charge in [0.15, 0.2) is 0 Å². The lowest BCUT2D eigenvalue weighted by molar-refractivity contribution is 0.389. The molecule has 3 heteroatoms. The Bertz CT molecular complexity index is 167. The molecule has 0 aliphatic heterocycles. The number of unbranched alkanes of at least 4 members (excludes halogenated alkanes) is 7. The van der Waals surface area contributed by atoms with Gasteiger partial charge in [-0.3, -0.25) is 5.41 Å². The lowest BCUT2D eigenvalue weighted by Gasteiger charge is -2.08. The summed E-state index contributed by atoms with van der Waals surface area (Å²) in [5.74, 6) is 0.337. The second-order valence-electron chi connectivity index (χ2n) is 4.91. The van der Waals surface area contributed by atoms with Crippen molar-refractivity contribution in [1.29, 1.82) is 5.41 Å². The van der Waals surface area contributed by atoms with E-state index >= 15 is 0 Å². The minimum Gasteiger partial charge on any atom is -0.388 e. The van der Waals surface area contributed by atoms with Crippen molar-refractivity contribution in [3.05, 3.63) is 0 Å². The zero-order valence-electron chi connectivity index (χ0n) is 11.1. The molecule has 0 unspecified atom stereocenters. The number of nitrogens with two attached hydrogens (primary N) is 1. The topological polar surface area (TPSA) is 53.1 Å². The van der Waals surface area contributed by atoms with Crippen LogP contribution in [0.2, 0.25) is 0 Å². The molecule has 0 aromatic rings. The minimum absolute atomic E-state index is 0.337. The average molecular weight is 227 g/mol. The Hall–Kier alpha value is -0.570. The maximum absolute atomic E-state index is 7.10. The molecule has 0 atom stereocenters. The number of hydrogen-bond donors (Lipinski definition) is 2. The van der Waals surface area contributed by atoms with Crippen molar-refractivity contribution < 1.29 is 0 Å². The van der Waals surface area contributed by atoms with Crippen molar-refractivity contribution >= 4 is 5.84 Å². The first-order valence-electron chi connectivity index (χ1n) is 6.60. The molecule has 0 rings (SSSR count). The quantitative estimate of drug-likeness (QED) is 0.324. The van der Waals surface area contributed by atoms with Crippen molar-refractivity contribution in [2.75, 3.05) is 20.6 Å². The third kappa shape index (κ3) is 13.4. The van der Waals surface area contributed by atoms with Gasteiger partial charge in [-0.15, -0.1) is 0 Å². The molecule has 0 aliphatic rings. The Morgan fingerprint density at radius 2 is 1.31 bits per heavy atom. The predicted molar refractivity (Wildman–Crippen MR) is 72.0 cm³/mol. The molecule has 96 valence electrons. The summed E-state index contributed by atoms with van der Waals surface area (Å²) in [4.78, 5) is 2.25. The fourth-order valence-electron chi connectivity index (χ4n) is 1.80. The molecule has 0 aromatic carbocycles. The second-order valence-corrected chi connectivity index (χ2v) is 4.91. The lowest BCUT2D eigenvalue weighted by atomic mass is 10.1. The van der Waals surface area contributed by atoms with Crippen LogP contribution in [0.25, 0.3) is 0 Å². The molecule has 0 fully saturated rings. The van der Waals surface area contributed by atoms with Gasteiger partial charge in [-0.25, -0.2) is 0 Å². The van der Waals surface area contributed by atoms with E-state index in [0.29, 0.717) is 5.84 Å². The summed E-state index contributed by atoms with van der Waals surface area (Å²) in [6, 6.07) is 0. The van der Waals surface area contributed by atoms with E-state index in [-0.39, 0.29) is 0 Å². The first-order valence-corrected chi connectivity index (χ1v) is 6.60. The number of nitrogens with one attached hydrogen (secondary N) is 1. The first-order chi connectivity index (χ1) is 7.63. The highest BCUT2D eigenvalue weighted by Crippen LogP contribution is 2.09. The van der Waals surface area contributed by atoms with Crippen LogP contribution in [-0.2, 0) is 0 Å². The van der Waals surface area contributed by atoms with Crippen molar-refractivity contribution in [2.45, 2.75) is 57.8 Å². The summed E-state index contributed by atoms with van der Waals surface area (Å²) in [5.41, 5.74) is 5.29. The minimum atomic E-state index is 0.337. The van der Waals surface area contributed by atoms with Gasteiger partial charge in [-0.05, 0) is 33.5 Å². The fourth-order valence-corrected chi connectivity index (χ4v) is 1.80. The summed E-state index contributed by atoms with van der Waals surface area (Å²) in [7, 11) is 4.27. The highest BCUT2D eigenvalue weighted by Gasteiger charge is 1.94. The van der Waals surface area contributed by atoms with Crippen molar-refractivity contribution in [2.24, 2.45) is 5.73 Å². The molecule has 0 radical (unpaired) electrons. The van der Waals surface area contributed by atoms with Crippen molar-refractivity contribution in [3.8, 4) is 0 Å². The number of nitrogens with zero attached hydrogens (tertiary/aromatic N) is 1. The van der Waals surface area contributed by atoms with Crippen LogP contribution in [0.15, 0.2) is 0 Å². The molecular weight excluding hydrogens is 198 g/mol. The molecule has 3 nitrogen and oxygen atoms in total. The SMILES string of the molecule is CN(C)CCCCCCCCCCC(=N)N. The van der Waals surface area contributed by atoms with Crippen LogP contribution < -0.4 is 5.73 Å². The number of rotatable bonds is 11. The first kappa shape index (κ1) is 15.4. The molecule has 0 aliphatic carbocycles. The van der Waals surface area contributed by atoms with E-state index in [9.17, 15) is 0 Å². The van der Waals surface area contributed by atoms with Gasteiger partial charge in [0, 0.05) is 6.42 Å². The molecule has 3 N–H and O–H groups in total. The molecule has 0 spiro atoms. The van der Waals surface area contributed by atoms with Crippen LogP contribution in [0.1, 0.15) is 57.8 Å². The number of hydrogen-bond acceptors (Lipinski definition) is 2. The Balaban J connectivity index is 2.96. The Kier molecular flexibility index (Phi) is 10.5. The summed E-state index contributed by atoms with van der Waals surface area (Å²) in [6.07, 6.45) is 11.2. The fraction of sp³-hybridized carbons (Fsp3) is 0.923. The summed E-state index contributed by atoms with van der Waals surface area (Å²) in [5, 5.41) is 7.10. The van der Waals surface area contributed by atoms with Gasteiger partial charge in [0.05, 0.1) is 5.84 Å². The van der Waals surface area contributed by atoms with E-state index in [1.165, 1.54) is 51.5 Å². The standard InChI is InChI=1S/C13H29N3/c1-16(2)12-10-8-6-4-3-5-7-9-11-13(14)15/h3-12H2,1-2H3,(H3,14,15). The van der Waals surface area contributed by atoms with Gasteiger partial charge in [0.2, 0.25) is 0 Å². The van der Waals surface area contributed by atoms with Gasteiger partial charge in [0.25, 0.3) is 0 Å². The van der Waals surface area contributed by atoms with Crippen LogP contribution in [0, 0.1) is 5.41 Å². The third-order valence-electron chi connectivity index (χ3n) is 2.80. The Morgan fingerprint density at radius 1 is 0.875 bits per heavy atom. The molecule has 16 heavy (non-hydrogen) atoms. The monoisotopic (exact) mass is 227 g/mol. The summed E-state index contributed by atoms with van der Waals surface area (Å²) < 4.78 is 0. The van der Waals surface area contributed by atoms with E-state index in [4.69, 9.17) is 11.1 Å². The molecule has 0 heterocycles. The van der Waals surface area contributed by atoms with E-state index in [1.54, 1.807) is 0 Å².